The van der Waals surface area contributed by atoms with E-state index in [2.05, 4.69) is 4.99 Å². The van der Waals surface area contributed by atoms with Gasteiger partial charge >= 0.3 is 5.97 Å². The number of rotatable bonds is 4. The van der Waals surface area contributed by atoms with E-state index in [-0.39, 0.29) is 12.5 Å². The number of benzene rings is 2. The summed E-state index contributed by atoms with van der Waals surface area (Å²) >= 11 is 0. The summed E-state index contributed by atoms with van der Waals surface area (Å²) in [6.45, 7) is -0.00635. The molecule has 0 saturated heterocycles. The molecule has 0 N–H and O–H groups in total. The first-order valence-electron chi connectivity index (χ1n) is 8.26. The molecule has 0 radical (unpaired) electrons. The first kappa shape index (κ1) is 18.4. The van der Waals surface area contributed by atoms with Crippen LogP contribution in [0.25, 0.3) is 0 Å². The Morgan fingerprint density at radius 3 is 2.44 bits per heavy atom. The van der Waals surface area contributed by atoms with Crippen LogP contribution in [0.15, 0.2) is 41.4 Å². The highest BCUT2D eigenvalue weighted by molar-refractivity contribution is 6.20. The lowest BCUT2D eigenvalue weighted by Gasteiger charge is -2.20. The maximum absolute atomic E-state index is 12.4. The number of nitrogens with zero attached hydrogens (tertiary/aromatic N) is 2. The third-order valence-corrected chi connectivity index (χ3v) is 4.42. The second-order valence-corrected chi connectivity index (χ2v) is 5.91. The van der Waals surface area contributed by atoms with E-state index in [1.54, 1.807) is 44.5 Å². The molecule has 1 amide bonds. The molecule has 0 bridgehead atoms. The van der Waals surface area contributed by atoms with Gasteiger partial charge in [-0.1, -0.05) is 12.1 Å². The number of aliphatic imine (C=N–C) groups is 1. The lowest BCUT2D eigenvalue weighted by Crippen LogP contribution is -2.27. The summed E-state index contributed by atoms with van der Waals surface area (Å²) in [7, 11) is 6.11. The van der Waals surface area contributed by atoms with Crippen LogP contribution in [0.3, 0.4) is 0 Å². The van der Waals surface area contributed by atoms with Gasteiger partial charge in [-0.2, -0.15) is 0 Å². The minimum absolute atomic E-state index is 0.00635. The molecule has 3 rings (SSSR count). The van der Waals surface area contributed by atoms with Crippen LogP contribution in [-0.2, 0) is 9.53 Å². The quantitative estimate of drug-likeness (QED) is 0.774. The van der Waals surface area contributed by atoms with Crippen LogP contribution in [-0.4, -0.2) is 52.5 Å². The molecular formula is C20H20N2O5. The summed E-state index contributed by atoms with van der Waals surface area (Å²) in [4.78, 5) is 30.3. The van der Waals surface area contributed by atoms with Gasteiger partial charge in [0.1, 0.15) is 6.54 Å². The van der Waals surface area contributed by atoms with Crippen LogP contribution in [0.5, 0.6) is 11.5 Å². The van der Waals surface area contributed by atoms with Crippen molar-refractivity contribution in [2.24, 2.45) is 4.99 Å². The van der Waals surface area contributed by atoms with Crippen molar-refractivity contribution < 1.29 is 23.8 Å². The van der Waals surface area contributed by atoms with Crippen LogP contribution in [0.2, 0.25) is 0 Å². The van der Waals surface area contributed by atoms with E-state index in [4.69, 9.17) is 14.2 Å². The molecule has 0 aliphatic carbocycles. The molecule has 0 saturated carbocycles. The van der Waals surface area contributed by atoms with E-state index in [9.17, 15) is 9.59 Å². The Kier molecular flexibility index (Phi) is 5.12. The Bertz CT molecular complexity index is 936. The number of amides is 1. The van der Waals surface area contributed by atoms with Crippen molar-refractivity contribution in [2.45, 2.75) is 0 Å². The number of carbonyl (C=O) groups is 2. The minimum Gasteiger partial charge on any atom is -0.493 e. The van der Waals surface area contributed by atoms with Crippen molar-refractivity contribution in [1.82, 2.24) is 0 Å². The van der Waals surface area contributed by atoms with Crippen LogP contribution in [0.1, 0.15) is 21.5 Å². The van der Waals surface area contributed by atoms with E-state index in [1.807, 2.05) is 6.07 Å². The van der Waals surface area contributed by atoms with E-state index < -0.39 is 5.97 Å². The van der Waals surface area contributed by atoms with E-state index in [0.717, 1.165) is 0 Å². The average molecular weight is 368 g/mol. The number of hydrogen-bond acceptors (Lipinski definition) is 6. The maximum atomic E-state index is 12.4. The van der Waals surface area contributed by atoms with Gasteiger partial charge in [0, 0.05) is 24.2 Å². The van der Waals surface area contributed by atoms with Gasteiger partial charge in [0.2, 0.25) is 5.91 Å². The molecule has 0 unspecified atom stereocenters. The Labute approximate surface area is 157 Å². The van der Waals surface area contributed by atoms with Gasteiger partial charge in [0.05, 0.1) is 38.3 Å². The third-order valence-electron chi connectivity index (χ3n) is 4.42. The number of carbonyl (C=O) groups excluding carboxylic acids is 2. The van der Waals surface area contributed by atoms with Gasteiger partial charge in [-0.05, 0) is 18.2 Å². The molecule has 1 aliphatic heterocycles. The lowest BCUT2D eigenvalue weighted by atomic mass is 9.98. The van der Waals surface area contributed by atoms with Crippen molar-refractivity contribution in [3.05, 3.63) is 53.1 Å². The molecule has 0 spiro atoms. The molecule has 27 heavy (non-hydrogen) atoms. The van der Waals surface area contributed by atoms with Gasteiger partial charge in [-0.3, -0.25) is 9.79 Å². The Balaban J connectivity index is 2.22. The fourth-order valence-electron chi connectivity index (χ4n) is 2.97. The Hall–Kier alpha value is -3.35. The Morgan fingerprint density at radius 2 is 1.78 bits per heavy atom. The fourth-order valence-corrected chi connectivity index (χ4v) is 2.97. The molecule has 0 aromatic heterocycles. The van der Waals surface area contributed by atoms with Crippen molar-refractivity contribution in [1.29, 1.82) is 0 Å². The summed E-state index contributed by atoms with van der Waals surface area (Å²) in [5.41, 5.74) is 3.06. The molecule has 140 valence electrons. The minimum atomic E-state index is -0.438. The smallest absolute Gasteiger partial charge is 0.337 e. The second kappa shape index (κ2) is 7.49. The zero-order valence-corrected chi connectivity index (χ0v) is 15.6. The number of anilines is 1. The molecular weight excluding hydrogens is 348 g/mol. The molecule has 1 aliphatic rings. The lowest BCUT2D eigenvalue weighted by molar-refractivity contribution is -0.116. The zero-order chi connectivity index (χ0) is 19.6. The monoisotopic (exact) mass is 368 g/mol. The molecule has 7 heteroatoms. The largest absolute Gasteiger partial charge is 0.493 e. The molecule has 2 aromatic carbocycles. The van der Waals surface area contributed by atoms with Crippen molar-refractivity contribution in [2.75, 3.05) is 39.8 Å². The molecule has 0 atom stereocenters. The predicted molar refractivity (Wildman–Crippen MR) is 101 cm³/mol. The van der Waals surface area contributed by atoms with E-state index in [0.29, 0.717) is 39.6 Å². The summed E-state index contributed by atoms with van der Waals surface area (Å²) in [6.07, 6.45) is 0. The number of fused-ring (bicyclic) bond motifs is 1. The zero-order valence-electron chi connectivity index (χ0n) is 15.6. The molecule has 7 nitrogen and oxygen atoms in total. The van der Waals surface area contributed by atoms with Gasteiger partial charge in [-0.25, -0.2) is 4.79 Å². The molecule has 0 fully saturated rings. The van der Waals surface area contributed by atoms with Gasteiger partial charge in [0.15, 0.2) is 11.5 Å². The highest BCUT2D eigenvalue weighted by Gasteiger charge is 2.25. The SMILES string of the molecule is COC(=O)c1cccc(C2=NCC(=O)N(C)c3cc(OC)c(OC)cc32)c1. The van der Waals surface area contributed by atoms with Crippen LogP contribution < -0.4 is 14.4 Å². The third kappa shape index (κ3) is 3.36. The predicted octanol–water partition coefficient (Wildman–Crippen LogP) is 2.30. The summed E-state index contributed by atoms with van der Waals surface area (Å²) < 4.78 is 15.6. The first-order valence-corrected chi connectivity index (χ1v) is 8.26. The number of esters is 1. The number of ether oxygens (including phenoxy) is 3. The van der Waals surface area contributed by atoms with Gasteiger partial charge in [-0.15, -0.1) is 0 Å². The van der Waals surface area contributed by atoms with E-state index >= 15 is 0 Å². The summed E-state index contributed by atoms with van der Waals surface area (Å²) in [5.74, 6) is 0.450. The standard InChI is InChI=1S/C20H20N2O5/c1-22-15-10-17(26-3)16(25-2)9-14(15)19(21-11-18(22)23)12-6-5-7-13(8-12)20(24)27-4/h5-10H,11H2,1-4H3. The van der Waals surface area contributed by atoms with Crippen LogP contribution in [0, 0.1) is 0 Å². The van der Waals surface area contributed by atoms with Gasteiger partial charge in [0.25, 0.3) is 0 Å². The van der Waals surface area contributed by atoms with Crippen molar-refractivity contribution in [3.63, 3.8) is 0 Å². The van der Waals surface area contributed by atoms with Crippen molar-refractivity contribution in [3.8, 4) is 11.5 Å². The topological polar surface area (TPSA) is 77.4 Å². The van der Waals surface area contributed by atoms with Gasteiger partial charge < -0.3 is 19.1 Å². The molecule has 2 aromatic rings. The number of methoxy groups -OCH3 is 3. The average Bonchev–Trinajstić information content (AvgIpc) is 2.83. The first-order chi connectivity index (χ1) is 13.0. The maximum Gasteiger partial charge on any atom is 0.337 e. The highest BCUT2D eigenvalue weighted by Crippen LogP contribution is 2.37. The Morgan fingerprint density at radius 1 is 1.07 bits per heavy atom. The normalized spacial score (nSPS) is 13.4. The second-order valence-electron chi connectivity index (χ2n) is 5.91. The summed E-state index contributed by atoms with van der Waals surface area (Å²) in [6, 6.07) is 10.5. The summed E-state index contributed by atoms with van der Waals surface area (Å²) in [5, 5.41) is 0. The van der Waals surface area contributed by atoms with Crippen LogP contribution in [0.4, 0.5) is 5.69 Å². The number of hydrogen-bond donors (Lipinski definition) is 0. The van der Waals surface area contributed by atoms with E-state index in [1.165, 1.54) is 19.1 Å². The fraction of sp³-hybridized carbons (Fsp3) is 0.250. The number of likely N-dealkylation sites (N-methyl/N-ethyl adjacent to an activating group) is 1. The highest BCUT2D eigenvalue weighted by atomic mass is 16.5. The van der Waals surface area contributed by atoms with Crippen molar-refractivity contribution >= 4 is 23.3 Å². The number of benzodiazepines with no additional fused rings is 1. The molecule has 1 heterocycles. The van der Waals surface area contributed by atoms with Crippen LogP contribution >= 0.6 is 0 Å².